The molecule has 0 bridgehead atoms. The van der Waals surface area contributed by atoms with Gasteiger partial charge in [-0.15, -0.1) is 0 Å². The number of methoxy groups -OCH3 is 2. The van der Waals surface area contributed by atoms with E-state index in [0.717, 1.165) is 11.3 Å². The third kappa shape index (κ3) is 3.33. The van der Waals surface area contributed by atoms with Crippen molar-refractivity contribution in [3.8, 4) is 0 Å². The molecule has 0 aromatic carbocycles. The van der Waals surface area contributed by atoms with Gasteiger partial charge in [0.1, 0.15) is 0 Å². The first-order valence-corrected chi connectivity index (χ1v) is 5.79. The number of rotatable bonds is 5. The molecule has 5 nitrogen and oxygen atoms in total. The first-order valence-electron chi connectivity index (χ1n) is 4.59. The fraction of sp³-hybridized carbons (Fsp3) is 0.556. The lowest BCUT2D eigenvalue weighted by Gasteiger charge is -2.08. The van der Waals surface area contributed by atoms with Crippen LogP contribution in [0.3, 0.4) is 0 Å². The third-order valence-electron chi connectivity index (χ3n) is 1.90. The Morgan fingerprint density at radius 1 is 1.62 bits per heavy atom. The Morgan fingerprint density at radius 3 is 2.88 bits per heavy atom. The second kappa shape index (κ2) is 6.03. The summed E-state index contributed by atoms with van der Waals surface area (Å²) in [5, 5.41) is 3.76. The van der Waals surface area contributed by atoms with E-state index in [0.29, 0.717) is 16.6 Å². The van der Waals surface area contributed by atoms with Crippen LogP contribution in [0.1, 0.15) is 16.6 Å². The summed E-state index contributed by atoms with van der Waals surface area (Å²) in [6.45, 7) is 2.52. The molecule has 7 heteroatoms. The summed E-state index contributed by atoms with van der Waals surface area (Å²) < 4.78 is 9.64. The minimum absolute atomic E-state index is 0.0595. The molecule has 90 valence electrons. The molecular formula is C9H13ClN2O3S. The predicted octanol–water partition coefficient (Wildman–Crippen LogP) is 2.03. The molecule has 0 aliphatic rings. The topological polar surface area (TPSA) is 60.5 Å². The number of hydrogen-bond acceptors (Lipinski definition) is 6. The summed E-state index contributed by atoms with van der Waals surface area (Å²) >= 11 is 6.96. The summed E-state index contributed by atoms with van der Waals surface area (Å²) in [7, 11) is 2.93. The van der Waals surface area contributed by atoms with E-state index in [9.17, 15) is 4.79 Å². The lowest BCUT2D eigenvalue weighted by molar-refractivity contribution is 0.0606. The summed E-state index contributed by atoms with van der Waals surface area (Å²) in [6, 6.07) is 0. The maximum Gasteiger partial charge on any atom is 0.351 e. The van der Waals surface area contributed by atoms with Gasteiger partial charge in [0.2, 0.25) is 0 Å². The number of anilines is 1. The van der Waals surface area contributed by atoms with Crippen LogP contribution in [0.25, 0.3) is 0 Å². The van der Waals surface area contributed by atoms with Gasteiger partial charge in [0, 0.05) is 13.7 Å². The van der Waals surface area contributed by atoms with Gasteiger partial charge in [0.25, 0.3) is 0 Å². The molecule has 0 saturated heterocycles. The van der Waals surface area contributed by atoms with Crippen molar-refractivity contribution in [2.45, 2.75) is 13.0 Å². The van der Waals surface area contributed by atoms with Gasteiger partial charge < -0.3 is 14.8 Å². The highest BCUT2D eigenvalue weighted by Crippen LogP contribution is 2.27. The maximum atomic E-state index is 11.3. The zero-order valence-corrected chi connectivity index (χ0v) is 10.8. The molecule has 0 amide bonds. The number of carbonyl (C=O) groups excluding carboxylic acids is 1. The number of halogens is 1. The first-order chi connectivity index (χ1) is 7.58. The molecule has 16 heavy (non-hydrogen) atoms. The zero-order valence-electron chi connectivity index (χ0n) is 9.24. The largest absolute Gasteiger partial charge is 0.465 e. The van der Waals surface area contributed by atoms with Gasteiger partial charge in [-0.3, -0.25) is 0 Å². The van der Waals surface area contributed by atoms with Gasteiger partial charge in [0.15, 0.2) is 15.2 Å². The standard InChI is InChI=1S/C9H13ClN2O3S/c1-5(14-2)4-11-9-12-7(10)6(16-9)8(13)15-3/h5H,4H2,1-3H3,(H,11,12). The predicted molar refractivity (Wildman–Crippen MR) is 63.4 cm³/mol. The van der Waals surface area contributed by atoms with Crippen molar-refractivity contribution in [3.63, 3.8) is 0 Å². The molecule has 1 aromatic rings. The van der Waals surface area contributed by atoms with E-state index in [1.165, 1.54) is 7.11 Å². The van der Waals surface area contributed by atoms with Crippen LogP contribution in [0, 0.1) is 0 Å². The smallest absolute Gasteiger partial charge is 0.351 e. The lowest BCUT2D eigenvalue weighted by Crippen LogP contribution is -2.17. The van der Waals surface area contributed by atoms with Crippen molar-refractivity contribution in [3.05, 3.63) is 10.0 Å². The maximum absolute atomic E-state index is 11.3. The van der Waals surface area contributed by atoms with Crippen LogP contribution in [-0.2, 0) is 9.47 Å². The quantitative estimate of drug-likeness (QED) is 0.825. The molecule has 1 heterocycles. The third-order valence-corrected chi connectivity index (χ3v) is 3.28. The van der Waals surface area contributed by atoms with Gasteiger partial charge >= 0.3 is 5.97 Å². The van der Waals surface area contributed by atoms with E-state index in [2.05, 4.69) is 15.0 Å². The average molecular weight is 265 g/mol. The fourth-order valence-electron chi connectivity index (χ4n) is 0.910. The van der Waals surface area contributed by atoms with Gasteiger partial charge in [-0.1, -0.05) is 22.9 Å². The van der Waals surface area contributed by atoms with E-state index in [-0.39, 0.29) is 11.3 Å². The fourth-order valence-corrected chi connectivity index (χ4v) is 2.02. The van der Waals surface area contributed by atoms with Crippen molar-refractivity contribution in [1.29, 1.82) is 0 Å². The second-order valence-corrected chi connectivity index (χ2v) is 4.41. The summed E-state index contributed by atoms with van der Waals surface area (Å²) in [6.07, 6.45) is 0.0595. The Balaban J connectivity index is 2.66. The van der Waals surface area contributed by atoms with Crippen LogP contribution in [-0.4, -0.2) is 37.8 Å². The van der Waals surface area contributed by atoms with Crippen LogP contribution >= 0.6 is 22.9 Å². The van der Waals surface area contributed by atoms with Crippen molar-refractivity contribution >= 4 is 34.0 Å². The molecule has 0 spiro atoms. The zero-order chi connectivity index (χ0) is 12.1. The number of carbonyl (C=O) groups is 1. The van der Waals surface area contributed by atoms with Crippen molar-refractivity contribution in [2.24, 2.45) is 0 Å². The minimum atomic E-state index is -0.477. The molecule has 0 fully saturated rings. The molecule has 1 N–H and O–H groups in total. The number of aromatic nitrogens is 1. The Kier molecular flexibility index (Phi) is 4.98. The SMILES string of the molecule is COC(=O)c1sc(NCC(C)OC)nc1Cl. The molecule has 1 unspecified atom stereocenters. The van der Waals surface area contributed by atoms with Gasteiger partial charge in [-0.25, -0.2) is 9.78 Å². The molecule has 1 atom stereocenters. The molecular weight excluding hydrogens is 252 g/mol. The Hall–Kier alpha value is -0.850. The normalized spacial score (nSPS) is 12.2. The number of thiazole rings is 1. The number of hydrogen-bond donors (Lipinski definition) is 1. The van der Waals surface area contributed by atoms with Crippen LogP contribution < -0.4 is 5.32 Å². The van der Waals surface area contributed by atoms with Crippen LogP contribution in [0.4, 0.5) is 5.13 Å². The Bertz CT molecular complexity index is 370. The number of esters is 1. The highest BCUT2D eigenvalue weighted by atomic mass is 35.5. The number of ether oxygens (including phenoxy) is 2. The second-order valence-electron chi connectivity index (χ2n) is 3.06. The molecule has 0 radical (unpaired) electrons. The molecule has 1 rings (SSSR count). The van der Waals surface area contributed by atoms with Crippen LogP contribution in [0.2, 0.25) is 5.15 Å². The first kappa shape index (κ1) is 13.2. The highest BCUT2D eigenvalue weighted by Gasteiger charge is 2.17. The molecule has 0 aliphatic carbocycles. The molecule has 0 aliphatic heterocycles. The van der Waals surface area contributed by atoms with Gasteiger partial charge in [0.05, 0.1) is 13.2 Å². The van der Waals surface area contributed by atoms with E-state index in [1.807, 2.05) is 6.92 Å². The van der Waals surface area contributed by atoms with Gasteiger partial charge in [-0.2, -0.15) is 0 Å². The van der Waals surface area contributed by atoms with E-state index in [1.54, 1.807) is 7.11 Å². The van der Waals surface area contributed by atoms with Crippen molar-refractivity contribution < 1.29 is 14.3 Å². The Labute approximate surface area is 103 Å². The van der Waals surface area contributed by atoms with Crippen molar-refractivity contribution in [2.75, 3.05) is 26.1 Å². The summed E-state index contributed by atoms with van der Waals surface area (Å²) in [5.41, 5.74) is 0. The monoisotopic (exact) mass is 264 g/mol. The van der Waals surface area contributed by atoms with Crippen molar-refractivity contribution in [1.82, 2.24) is 4.98 Å². The average Bonchev–Trinajstić information content (AvgIpc) is 2.66. The summed E-state index contributed by atoms with van der Waals surface area (Å²) in [5.74, 6) is -0.477. The number of nitrogens with one attached hydrogen (secondary N) is 1. The molecule has 0 saturated carbocycles. The van der Waals surface area contributed by atoms with E-state index >= 15 is 0 Å². The van der Waals surface area contributed by atoms with E-state index in [4.69, 9.17) is 16.3 Å². The minimum Gasteiger partial charge on any atom is -0.465 e. The van der Waals surface area contributed by atoms with Crippen LogP contribution in [0.15, 0.2) is 0 Å². The van der Waals surface area contributed by atoms with Crippen LogP contribution in [0.5, 0.6) is 0 Å². The lowest BCUT2D eigenvalue weighted by atomic mass is 10.4. The molecule has 1 aromatic heterocycles. The summed E-state index contributed by atoms with van der Waals surface area (Å²) in [4.78, 5) is 15.6. The highest BCUT2D eigenvalue weighted by molar-refractivity contribution is 7.18. The Morgan fingerprint density at radius 2 is 2.31 bits per heavy atom. The van der Waals surface area contributed by atoms with Gasteiger partial charge in [-0.05, 0) is 6.92 Å². The van der Waals surface area contributed by atoms with E-state index < -0.39 is 5.97 Å². The number of nitrogens with zero attached hydrogens (tertiary/aromatic N) is 1.